The highest BCUT2D eigenvalue weighted by molar-refractivity contribution is 7.98. The zero-order valence-electron chi connectivity index (χ0n) is 11.7. The van der Waals surface area contributed by atoms with Crippen molar-refractivity contribution in [3.8, 4) is 0 Å². The van der Waals surface area contributed by atoms with Gasteiger partial charge in [-0.25, -0.2) is 15.0 Å². The van der Waals surface area contributed by atoms with Crippen LogP contribution in [0.15, 0.2) is 6.33 Å². The second-order valence-electron chi connectivity index (χ2n) is 4.98. The number of aryl methyl sites for hydroxylation is 1. The highest BCUT2D eigenvalue weighted by Crippen LogP contribution is 2.33. The first-order valence-electron chi connectivity index (χ1n) is 6.50. The molecule has 21 heavy (non-hydrogen) atoms. The van der Waals surface area contributed by atoms with Crippen molar-refractivity contribution in [1.29, 1.82) is 0 Å². The van der Waals surface area contributed by atoms with Gasteiger partial charge in [0.2, 0.25) is 0 Å². The average Bonchev–Trinajstić information content (AvgIpc) is 2.96. The summed E-state index contributed by atoms with van der Waals surface area (Å²) in [5.74, 6) is 1.39. The number of anilines is 1. The Morgan fingerprint density at radius 2 is 2.14 bits per heavy atom. The van der Waals surface area contributed by atoms with Crippen molar-refractivity contribution in [3.63, 3.8) is 0 Å². The Morgan fingerprint density at radius 3 is 2.86 bits per heavy atom. The van der Waals surface area contributed by atoms with Crippen LogP contribution in [0.5, 0.6) is 0 Å². The van der Waals surface area contributed by atoms with Gasteiger partial charge in [0.05, 0.1) is 12.4 Å². The molecule has 4 atom stereocenters. The molecule has 0 aliphatic carbocycles. The number of imidazole rings is 1. The fraction of sp³-hybridized carbons (Fsp3) is 0.583. The second kappa shape index (κ2) is 5.41. The van der Waals surface area contributed by atoms with Crippen molar-refractivity contribution in [2.45, 2.75) is 31.5 Å². The van der Waals surface area contributed by atoms with Crippen molar-refractivity contribution in [2.75, 3.05) is 17.7 Å². The number of thioether (sulfide) groups is 1. The van der Waals surface area contributed by atoms with E-state index in [2.05, 4.69) is 15.0 Å². The molecule has 0 radical (unpaired) electrons. The van der Waals surface area contributed by atoms with E-state index in [1.165, 1.54) is 6.33 Å². The summed E-state index contributed by atoms with van der Waals surface area (Å²) < 4.78 is 7.35. The van der Waals surface area contributed by atoms with E-state index in [4.69, 9.17) is 10.5 Å². The van der Waals surface area contributed by atoms with Crippen LogP contribution < -0.4 is 5.73 Å². The number of nitrogens with two attached hydrogens (primary N) is 1. The number of nitrogens with zero attached hydrogens (tertiary/aromatic N) is 4. The topological polar surface area (TPSA) is 119 Å². The van der Waals surface area contributed by atoms with Crippen LogP contribution in [0, 0.1) is 6.92 Å². The lowest BCUT2D eigenvalue weighted by molar-refractivity contribution is -0.0288. The van der Waals surface area contributed by atoms with Crippen molar-refractivity contribution in [1.82, 2.24) is 19.5 Å². The number of fused-ring (bicyclic) bond motifs is 1. The van der Waals surface area contributed by atoms with Gasteiger partial charge in [-0.05, 0) is 13.2 Å². The fourth-order valence-corrected chi connectivity index (χ4v) is 3.10. The number of ether oxygens (including phenoxy) is 1. The molecule has 0 amide bonds. The average molecular weight is 311 g/mol. The van der Waals surface area contributed by atoms with Gasteiger partial charge >= 0.3 is 0 Å². The van der Waals surface area contributed by atoms with Gasteiger partial charge in [0.25, 0.3) is 0 Å². The van der Waals surface area contributed by atoms with Crippen LogP contribution in [0.1, 0.15) is 12.1 Å². The lowest BCUT2D eigenvalue weighted by Crippen LogP contribution is -2.32. The van der Waals surface area contributed by atoms with Gasteiger partial charge in [0.1, 0.15) is 23.5 Å². The molecule has 0 saturated carbocycles. The Hall–Kier alpha value is -1.42. The third kappa shape index (κ3) is 2.35. The van der Waals surface area contributed by atoms with E-state index in [1.54, 1.807) is 23.3 Å². The maximum Gasteiger partial charge on any atom is 0.167 e. The summed E-state index contributed by atoms with van der Waals surface area (Å²) in [5.41, 5.74) is 6.77. The molecule has 1 aliphatic rings. The Balaban J connectivity index is 2.01. The first-order valence-corrected chi connectivity index (χ1v) is 7.89. The first-order chi connectivity index (χ1) is 10.0. The number of hydrogen-bond acceptors (Lipinski definition) is 8. The number of nitrogen functional groups attached to an aromatic ring is 1. The maximum absolute atomic E-state index is 10.2. The minimum Gasteiger partial charge on any atom is -0.387 e. The molecule has 2 aromatic rings. The van der Waals surface area contributed by atoms with Gasteiger partial charge in [-0.15, -0.1) is 0 Å². The molecule has 8 nitrogen and oxygen atoms in total. The predicted molar refractivity (Wildman–Crippen MR) is 78.8 cm³/mol. The molecule has 0 aromatic carbocycles. The van der Waals surface area contributed by atoms with Crippen LogP contribution in [-0.2, 0) is 4.74 Å². The lowest BCUT2D eigenvalue weighted by Gasteiger charge is -2.16. The predicted octanol–water partition coefficient (Wildman–Crippen LogP) is -0.301. The van der Waals surface area contributed by atoms with Crippen molar-refractivity contribution >= 4 is 28.7 Å². The Morgan fingerprint density at radius 1 is 1.38 bits per heavy atom. The van der Waals surface area contributed by atoms with E-state index in [-0.39, 0.29) is 5.82 Å². The summed E-state index contributed by atoms with van der Waals surface area (Å²) in [7, 11) is 0. The molecule has 3 heterocycles. The second-order valence-corrected chi connectivity index (χ2v) is 5.89. The highest BCUT2D eigenvalue weighted by Gasteiger charge is 2.44. The molecule has 1 fully saturated rings. The molecule has 3 rings (SSSR count). The Labute approximate surface area is 125 Å². The van der Waals surface area contributed by atoms with E-state index in [0.29, 0.717) is 22.7 Å². The maximum atomic E-state index is 10.2. The molecular weight excluding hydrogens is 294 g/mol. The molecule has 1 saturated heterocycles. The minimum atomic E-state index is -1.05. The molecule has 9 heteroatoms. The van der Waals surface area contributed by atoms with Gasteiger partial charge in [-0.2, -0.15) is 11.8 Å². The van der Waals surface area contributed by atoms with Crippen molar-refractivity contribution in [3.05, 3.63) is 12.2 Å². The largest absolute Gasteiger partial charge is 0.387 e. The normalized spacial score (nSPS) is 29.3. The standard InChI is InChI=1S/C12H17N5O3S/c1-5-15-10(13)7-11(16-5)17(4-14-7)12-9(19)8(18)6(20-12)3-21-2/h4,6,8-9,12,18-19H,3H2,1-2H3,(H2,13,15,16)/t6-,8?,9+,12-/m1/s1. The van der Waals surface area contributed by atoms with E-state index in [1.807, 2.05) is 6.26 Å². The Kier molecular flexibility index (Phi) is 3.74. The highest BCUT2D eigenvalue weighted by atomic mass is 32.2. The van der Waals surface area contributed by atoms with Crippen LogP contribution in [0.25, 0.3) is 11.2 Å². The summed E-state index contributed by atoms with van der Waals surface area (Å²) in [6.45, 7) is 1.73. The van der Waals surface area contributed by atoms with Crippen LogP contribution in [0.4, 0.5) is 5.82 Å². The monoisotopic (exact) mass is 311 g/mol. The van der Waals surface area contributed by atoms with E-state index >= 15 is 0 Å². The zero-order chi connectivity index (χ0) is 15.1. The number of aliphatic hydroxyl groups is 2. The fourth-order valence-electron chi connectivity index (χ4n) is 2.50. The quantitative estimate of drug-likeness (QED) is 0.707. The first kappa shape index (κ1) is 14.5. The molecule has 1 unspecified atom stereocenters. The molecule has 4 N–H and O–H groups in total. The minimum absolute atomic E-state index is 0.282. The molecule has 114 valence electrons. The van der Waals surface area contributed by atoms with Gasteiger partial charge < -0.3 is 20.7 Å². The molecular formula is C12H17N5O3S. The van der Waals surface area contributed by atoms with Crippen molar-refractivity contribution in [2.24, 2.45) is 0 Å². The molecule has 0 spiro atoms. The third-order valence-corrected chi connectivity index (χ3v) is 4.16. The zero-order valence-corrected chi connectivity index (χ0v) is 12.5. The Bertz CT molecular complexity index is 664. The molecule has 1 aliphatic heterocycles. The van der Waals surface area contributed by atoms with Gasteiger partial charge in [-0.1, -0.05) is 0 Å². The molecule has 2 aromatic heterocycles. The van der Waals surface area contributed by atoms with Gasteiger partial charge in [0.15, 0.2) is 17.7 Å². The smallest absolute Gasteiger partial charge is 0.167 e. The SMILES string of the molecule is CSC[C@H]1O[C@@H](n2cnc3c(N)nc(C)nc32)[C@@H](O)C1O. The number of aliphatic hydroxyl groups excluding tert-OH is 2. The van der Waals surface area contributed by atoms with Crippen LogP contribution >= 0.6 is 11.8 Å². The molecule has 0 bridgehead atoms. The van der Waals surface area contributed by atoms with E-state index in [9.17, 15) is 10.2 Å². The van der Waals surface area contributed by atoms with E-state index < -0.39 is 24.5 Å². The lowest BCUT2D eigenvalue weighted by atomic mass is 10.1. The summed E-state index contributed by atoms with van der Waals surface area (Å²) in [5, 5.41) is 20.3. The van der Waals surface area contributed by atoms with Crippen molar-refractivity contribution < 1.29 is 14.9 Å². The van der Waals surface area contributed by atoms with Crippen LogP contribution in [-0.4, -0.2) is 60.1 Å². The van der Waals surface area contributed by atoms with Crippen LogP contribution in [0.3, 0.4) is 0 Å². The number of aromatic nitrogens is 4. The van der Waals surface area contributed by atoms with E-state index in [0.717, 1.165) is 0 Å². The van der Waals surface area contributed by atoms with Gasteiger partial charge in [0, 0.05) is 5.75 Å². The number of rotatable bonds is 3. The summed E-state index contributed by atoms with van der Waals surface area (Å²) >= 11 is 1.55. The van der Waals surface area contributed by atoms with Gasteiger partial charge in [-0.3, -0.25) is 4.57 Å². The van der Waals surface area contributed by atoms with Crippen LogP contribution in [0.2, 0.25) is 0 Å². The summed E-state index contributed by atoms with van der Waals surface area (Å²) in [6.07, 6.45) is 0.251. The summed E-state index contributed by atoms with van der Waals surface area (Å²) in [4.78, 5) is 12.5. The summed E-state index contributed by atoms with van der Waals surface area (Å²) in [6, 6.07) is 0. The number of hydrogen-bond donors (Lipinski definition) is 3. The third-order valence-electron chi connectivity index (χ3n) is 3.50.